The fourth-order valence-electron chi connectivity index (χ4n) is 2.49. The summed E-state index contributed by atoms with van der Waals surface area (Å²) in [5, 5.41) is 14.4. The molecule has 0 radical (unpaired) electrons. The minimum Gasteiger partial charge on any atom is -0.480 e. The Labute approximate surface area is 135 Å². The van der Waals surface area contributed by atoms with Gasteiger partial charge >= 0.3 is 5.97 Å². The van der Waals surface area contributed by atoms with Crippen LogP contribution in [0.1, 0.15) is 31.7 Å². The van der Waals surface area contributed by atoms with E-state index in [1.54, 1.807) is 0 Å². The molecule has 0 aromatic heterocycles. The first kappa shape index (κ1) is 17.0. The van der Waals surface area contributed by atoms with Gasteiger partial charge in [0.15, 0.2) is 0 Å². The molecule has 1 aromatic carbocycles. The summed E-state index contributed by atoms with van der Waals surface area (Å²) in [7, 11) is 0. The highest BCUT2D eigenvalue weighted by Crippen LogP contribution is 2.33. The van der Waals surface area contributed by atoms with Crippen molar-refractivity contribution in [2.75, 3.05) is 0 Å². The van der Waals surface area contributed by atoms with E-state index in [1.165, 1.54) is 6.92 Å². The van der Waals surface area contributed by atoms with Crippen molar-refractivity contribution in [2.45, 2.75) is 44.7 Å². The first-order chi connectivity index (χ1) is 11.0. The van der Waals surface area contributed by atoms with Crippen LogP contribution >= 0.6 is 0 Å². The van der Waals surface area contributed by atoms with Crippen molar-refractivity contribution in [3.8, 4) is 0 Å². The van der Waals surface area contributed by atoms with E-state index in [-0.39, 0.29) is 5.91 Å². The van der Waals surface area contributed by atoms with Crippen LogP contribution in [0.3, 0.4) is 0 Å². The van der Waals surface area contributed by atoms with Crippen molar-refractivity contribution in [2.24, 2.45) is 5.92 Å². The molecular weight excluding hydrogens is 296 g/mol. The Kier molecular flexibility index (Phi) is 5.73. The van der Waals surface area contributed by atoms with Crippen molar-refractivity contribution >= 4 is 17.8 Å². The van der Waals surface area contributed by atoms with Gasteiger partial charge in [-0.25, -0.2) is 4.79 Å². The summed E-state index contributed by atoms with van der Waals surface area (Å²) in [6, 6.07) is 7.61. The van der Waals surface area contributed by atoms with Crippen LogP contribution in [0.4, 0.5) is 0 Å². The third-order valence-corrected chi connectivity index (χ3v) is 3.86. The third-order valence-electron chi connectivity index (χ3n) is 3.86. The van der Waals surface area contributed by atoms with E-state index in [9.17, 15) is 19.5 Å². The molecule has 1 aromatic rings. The van der Waals surface area contributed by atoms with Gasteiger partial charge in [-0.15, -0.1) is 0 Å². The van der Waals surface area contributed by atoms with Gasteiger partial charge in [0, 0.05) is 13.3 Å². The minimum atomic E-state index is -1.04. The Morgan fingerprint density at radius 3 is 2.30 bits per heavy atom. The largest absolute Gasteiger partial charge is 0.480 e. The molecule has 6 nitrogen and oxygen atoms in total. The van der Waals surface area contributed by atoms with Crippen LogP contribution in [-0.2, 0) is 20.8 Å². The van der Waals surface area contributed by atoms with E-state index in [0.29, 0.717) is 18.8 Å². The number of carbonyl (C=O) groups excluding carboxylic acids is 2. The van der Waals surface area contributed by atoms with Gasteiger partial charge in [-0.3, -0.25) is 9.59 Å². The van der Waals surface area contributed by atoms with Crippen molar-refractivity contribution in [3.63, 3.8) is 0 Å². The van der Waals surface area contributed by atoms with Gasteiger partial charge in [0.05, 0.1) is 0 Å². The minimum absolute atomic E-state index is 0.321. The maximum absolute atomic E-state index is 12.4. The Balaban J connectivity index is 2.02. The van der Waals surface area contributed by atoms with Crippen molar-refractivity contribution in [3.05, 3.63) is 35.9 Å². The molecule has 0 aliphatic heterocycles. The van der Waals surface area contributed by atoms with Crippen LogP contribution in [0.2, 0.25) is 0 Å². The predicted molar refractivity (Wildman–Crippen MR) is 84.7 cm³/mol. The number of carboxylic acids is 1. The van der Waals surface area contributed by atoms with Gasteiger partial charge in [0.2, 0.25) is 11.8 Å². The number of benzene rings is 1. The standard InChI is InChI=1S/C17H22N2O4/c1-11(20)18-14(9-12-5-3-2-4-6-12)16(21)19-15(17(22)23)10-13-7-8-13/h2-6,13-15H,7-10H2,1H3,(H,18,20)(H,19,21)(H,22,23)/t14-,15-/m0/s1. The summed E-state index contributed by atoms with van der Waals surface area (Å²) in [4.78, 5) is 35.1. The predicted octanol–water partition coefficient (Wildman–Crippen LogP) is 1.10. The number of carbonyl (C=O) groups is 3. The number of nitrogens with one attached hydrogen (secondary N) is 2. The molecule has 23 heavy (non-hydrogen) atoms. The second kappa shape index (κ2) is 7.76. The molecule has 2 atom stereocenters. The molecule has 0 saturated heterocycles. The topological polar surface area (TPSA) is 95.5 Å². The average Bonchev–Trinajstić information content (AvgIpc) is 3.30. The second-order valence-corrected chi connectivity index (χ2v) is 6.02. The first-order valence-electron chi connectivity index (χ1n) is 7.80. The average molecular weight is 318 g/mol. The molecular formula is C17H22N2O4. The summed E-state index contributed by atoms with van der Waals surface area (Å²) < 4.78 is 0. The smallest absolute Gasteiger partial charge is 0.326 e. The quantitative estimate of drug-likeness (QED) is 0.669. The number of amides is 2. The Morgan fingerprint density at radius 1 is 1.13 bits per heavy atom. The van der Waals surface area contributed by atoms with Gasteiger partial charge in [-0.05, 0) is 17.9 Å². The van der Waals surface area contributed by atoms with Crippen molar-refractivity contribution in [1.82, 2.24) is 10.6 Å². The van der Waals surface area contributed by atoms with Gasteiger partial charge in [0.25, 0.3) is 0 Å². The molecule has 1 aliphatic rings. The van der Waals surface area contributed by atoms with Crippen LogP contribution in [0.25, 0.3) is 0 Å². The summed E-state index contributed by atoms with van der Waals surface area (Å²) in [6.45, 7) is 1.34. The summed E-state index contributed by atoms with van der Waals surface area (Å²) >= 11 is 0. The van der Waals surface area contributed by atoms with Gasteiger partial charge in [0.1, 0.15) is 12.1 Å². The van der Waals surface area contributed by atoms with Crippen LogP contribution < -0.4 is 10.6 Å². The van der Waals surface area contributed by atoms with Crippen LogP contribution in [0, 0.1) is 5.92 Å². The first-order valence-corrected chi connectivity index (χ1v) is 7.80. The zero-order valence-electron chi connectivity index (χ0n) is 13.1. The molecule has 2 amide bonds. The summed E-state index contributed by atoms with van der Waals surface area (Å²) in [6.07, 6.45) is 2.79. The lowest BCUT2D eigenvalue weighted by Crippen LogP contribution is -2.52. The van der Waals surface area contributed by atoms with Crippen LogP contribution in [0.15, 0.2) is 30.3 Å². The molecule has 1 fully saturated rings. The lowest BCUT2D eigenvalue weighted by atomic mass is 10.0. The molecule has 0 unspecified atom stereocenters. The molecule has 2 rings (SSSR count). The Morgan fingerprint density at radius 2 is 1.78 bits per heavy atom. The van der Waals surface area contributed by atoms with E-state index < -0.39 is 24.0 Å². The van der Waals surface area contributed by atoms with E-state index in [2.05, 4.69) is 10.6 Å². The fourth-order valence-corrected chi connectivity index (χ4v) is 2.49. The maximum atomic E-state index is 12.4. The monoisotopic (exact) mass is 318 g/mol. The van der Waals surface area contributed by atoms with Gasteiger partial charge in [-0.1, -0.05) is 43.2 Å². The van der Waals surface area contributed by atoms with E-state index in [1.807, 2.05) is 30.3 Å². The number of carboxylic acid groups (broad SMARTS) is 1. The number of rotatable bonds is 8. The highest BCUT2D eigenvalue weighted by Gasteiger charge is 2.32. The maximum Gasteiger partial charge on any atom is 0.326 e. The fraction of sp³-hybridized carbons (Fsp3) is 0.471. The number of hydrogen-bond donors (Lipinski definition) is 3. The van der Waals surface area contributed by atoms with E-state index in [4.69, 9.17) is 0 Å². The lowest BCUT2D eigenvalue weighted by molar-refractivity contribution is -0.142. The molecule has 3 N–H and O–H groups in total. The Hall–Kier alpha value is -2.37. The molecule has 0 heterocycles. The number of hydrogen-bond acceptors (Lipinski definition) is 3. The highest BCUT2D eigenvalue weighted by atomic mass is 16.4. The molecule has 1 aliphatic carbocycles. The zero-order valence-corrected chi connectivity index (χ0v) is 13.1. The van der Waals surface area contributed by atoms with Crippen LogP contribution in [0.5, 0.6) is 0 Å². The molecule has 0 bridgehead atoms. The van der Waals surface area contributed by atoms with Crippen molar-refractivity contribution in [1.29, 1.82) is 0 Å². The highest BCUT2D eigenvalue weighted by molar-refractivity contribution is 5.90. The Bertz CT molecular complexity index is 569. The third kappa shape index (κ3) is 5.73. The second-order valence-electron chi connectivity index (χ2n) is 6.02. The van der Waals surface area contributed by atoms with Gasteiger partial charge in [-0.2, -0.15) is 0 Å². The normalized spacial score (nSPS) is 16.2. The van der Waals surface area contributed by atoms with E-state index in [0.717, 1.165) is 18.4 Å². The molecule has 0 spiro atoms. The van der Waals surface area contributed by atoms with Crippen molar-refractivity contribution < 1.29 is 19.5 Å². The molecule has 124 valence electrons. The summed E-state index contributed by atoms with van der Waals surface area (Å²) in [5.74, 6) is -1.44. The lowest BCUT2D eigenvalue weighted by Gasteiger charge is -2.21. The number of aliphatic carboxylic acids is 1. The van der Waals surface area contributed by atoms with E-state index >= 15 is 0 Å². The zero-order chi connectivity index (χ0) is 16.8. The summed E-state index contributed by atoms with van der Waals surface area (Å²) in [5.41, 5.74) is 0.899. The SMILES string of the molecule is CC(=O)N[C@@H](Cc1ccccc1)C(=O)N[C@@H](CC1CC1)C(=O)O. The molecule has 1 saturated carbocycles. The molecule has 6 heteroatoms. The van der Waals surface area contributed by atoms with Gasteiger partial charge < -0.3 is 15.7 Å². The van der Waals surface area contributed by atoms with Crippen LogP contribution in [-0.4, -0.2) is 35.0 Å².